The molecule has 2 amide bonds. The molecule has 1 aliphatic rings. The predicted molar refractivity (Wildman–Crippen MR) is 142 cm³/mol. The second-order valence-corrected chi connectivity index (χ2v) is 11.1. The number of benzene rings is 2. The first-order valence-electron chi connectivity index (χ1n) is 12.0. The van der Waals surface area contributed by atoms with Crippen LogP contribution in [-0.2, 0) is 16.0 Å². The van der Waals surface area contributed by atoms with Crippen LogP contribution in [0.25, 0.3) is 0 Å². The van der Waals surface area contributed by atoms with Gasteiger partial charge >= 0.3 is 0 Å². The van der Waals surface area contributed by atoms with Gasteiger partial charge in [-0.1, -0.05) is 42.5 Å². The van der Waals surface area contributed by atoms with E-state index in [2.05, 4.69) is 11.9 Å². The number of aliphatic hydroxyl groups is 1. The van der Waals surface area contributed by atoms with Gasteiger partial charge in [0.25, 0.3) is 11.8 Å². The lowest BCUT2D eigenvalue weighted by Crippen LogP contribution is -2.57. The molecule has 0 saturated carbocycles. The van der Waals surface area contributed by atoms with Crippen LogP contribution in [0, 0.1) is 6.92 Å². The largest absolute Gasteiger partial charge is 0.508 e. The Hall–Kier alpha value is -3.10. The molecule has 0 aromatic heterocycles. The number of thioether (sulfide) groups is 1. The highest BCUT2D eigenvalue weighted by Gasteiger charge is 2.49. The van der Waals surface area contributed by atoms with Crippen molar-refractivity contribution in [2.45, 2.75) is 63.0 Å². The summed E-state index contributed by atoms with van der Waals surface area (Å²) in [5.41, 5.74) is 1.49. The number of nitrogens with one attached hydrogen (secondary N) is 1. The quantitative estimate of drug-likeness (QED) is 0.422. The molecule has 1 saturated heterocycles. The Morgan fingerprint density at radius 2 is 1.89 bits per heavy atom. The molecule has 8 heteroatoms. The van der Waals surface area contributed by atoms with E-state index in [4.69, 9.17) is 0 Å². The molecule has 1 fully saturated rings. The van der Waals surface area contributed by atoms with Gasteiger partial charge in [-0.15, -0.1) is 18.3 Å². The zero-order valence-corrected chi connectivity index (χ0v) is 21.8. The molecule has 36 heavy (non-hydrogen) atoms. The highest BCUT2D eigenvalue weighted by Crippen LogP contribution is 2.40. The van der Waals surface area contributed by atoms with E-state index in [0.29, 0.717) is 12.0 Å². The van der Waals surface area contributed by atoms with Crippen LogP contribution in [0.3, 0.4) is 0 Å². The third-order valence-corrected chi connectivity index (χ3v) is 7.90. The number of rotatable bonds is 10. The lowest BCUT2D eigenvalue weighted by molar-refractivity contribution is -0.146. The fraction of sp³-hybridized carbons (Fsp3) is 0.393. The van der Waals surface area contributed by atoms with E-state index >= 15 is 0 Å². The van der Waals surface area contributed by atoms with Crippen LogP contribution in [0.1, 0.15) is 48.2 Å². The summed E-state index contributed by atoms with van der Waals surface area (Å²) in [4.78, 5) is 41.2. The number of nitrogens with zero attached hydrogens (tertiary/aromatic N) is 1. The van der Waals surface area contributed by atoms with E-state index < -0.39 is 34.7 Å². The zero-order valence-electron chi connectivity index (χ0n) is 20.9. The van der Waals surface area contributed by atoms with Crippen LogP contribution >= 0.6 is 11.8 Å². The first-order chi connectivity index (χ1) is 17.1. The molecule has 192 valence electrons. The van der Waals surface area contributed by atoms with Crippen molar-refractivity contribution in [3.8, 4) is 5.75 Å². The van der Waals surface area contributed by atoms with Gasteiger partial charge in [0, 0.05) is 22.3 Å². The van der Waals surface area contributed by atoms with Gasteiger partial charge in [-0.2, -0.15) is 0 Å². The second kappa shape index (κ2) is 11.8. The number of carbonyl (C=O) groups excluding carboxylic acids is 3. The summed E-state index contributed by atoms with van der Waals surface area (Å²) in [6.45, 7) is 9.13. The van der Waals surface area contributed by atoms with E-state index in [1.165, 1.54) is 22.7 Å². The van der Waals surface area contributed by atoms with Crippen molar-refractivity contribution in [2.24, 2.45) is 0 Å². The van der Waals surface area contributed by atoms with Crippen LogP contribution in [0.5, 0.6) is 5.75 Å². The third-order valence-electron chi connectivity index (χ3n) is 6.53. The van der Waals surface area contributed by atoms with E-state index in [1.54, 1.807) is 25.1 Å². The molecule has 3 atom stereocenters. The van der Waals surface area contributed by atoms with Gasteiger partial charge in [-0.25, -0.2) is 0 Å². The molecule has 3 N–H and O–H groups in total. The molecule has 1 heterocycles. The van der Waals surface area contributed by atoms with Gasteiger partial charge in [0.2, 0.25) is 0 Å². The van der Waals surface area contributed by atoms with Crippen LogP contribution < -0.4 is 5.32 Å². The average Bonchev–Trinajstić information content (AvgIpc) is 3.18. The van der Waals surface area contributed by atoms with E-state index in [9.17, 15) is 24.6 Å². The fourth-order valence-electron chi connectivity index (χ4n) is 4.47. The van der Waals surface area contributed by atoms with Crippen molar-refractivity contribution < 1.29 is 24.6 Å². The Balaban J connectivity index is 1.88. The third kappa shape index (κ3) is 6.17. The minimum Gasteiger partial charge on any atom is -0.508 e. The Morgan fingerprint density at radius 1 is 1.19 bits per heavy atom. The number of ketones is 1. The summed E-state index contributed by atoms with van der Waals surface area (Å²) >= 11 is 1.49. The number of phenolic OH excluding ortho intramolecular Hbond substituents is 1. The van der Waals surface area contributed by atoms with Crippen LogP contribution in [0.2, 0.25) is 0 Å². The summed E-state index contributed by atoms with van der Waals surface area (Å²) in [7, 11) is 0. The Labute approximate surface area is 216 Å². The summed E-state index contributed by atoms with van der Waals surface area (Å²) in [5, 5.41) is 24.1. The molecule has 1 aliphatic heterocycles. The molecule has 0 spiro atoms. The van der Waals surface area contributed by atoms with Crippen molar-refractivity contribution in [3.05, 3.63) is 77.9 Å². The second-order valence-electron chi connectivity index (χ2n) is 9.55. The molecule has 0 bridgehead atoms. The van der Waals surface area contributed by atoms with Gasteiger partial charge in [-0.3, -0.25) is 14.4 Å². The predicted octanol–water partition coefficient (Wildman–Crippen LogP) is 3.62. The number of allylic oxidation sites excluding steroid dienone is 1. The minimum absolute atomic E-state index is 0.0175. The van der Waals surface area contributed by atoms with Gasteiger partial charge < -0.3 is 20.4 Å². The summed E-state index contributed by atoms with van der Waals surface area (Å²) in [6.07, 6.45) is 1.07. The molecule has 2 aromatic rings. The first kappa shape index (κ1) is 27.5. The maximum Gasteiger partial charge on any atom is 0.254 e. The average molecular weight is 511 g/mol. The maximum atomic E-state index is 13.6. The summed E-state index contributed by atoms with van der Waals surface area (Å²) < 4.78 is -0.509. The monoisotopic (exact) mass is 510 g/mol. The number of phenols is 1. The standard InChI is InChI=1S/C28H34N2O5S/c1-5-6-14-23(32)25-28(3,4)36-17-30(25)27(35)24(33)21(16-19-11-8-7-9-12-19)29-26(34)20-13-10-15-22(31)18(20)2/h5,7-13,15,21,24-25,31,33H,1,6,14,16-17H2,2-4H3,(H,29,34)/t21-,24-,25?/m0/s1. The minimum atomic E-state index is -1.57. The number of Topliss-reactive ketones (excluding diaryl/α,β-unsaturated/α-hetero) is 1. The maximum absolute atomic E-state index is 13.6. The van der Waals surface area contributed by atoms with Crippen LogP contribution in [0.15, 0.2) is 61.2 Å². The summed E-state index contributed by atoms with van der Waals surface area (Å²) in [5.74, 6) is -0.934. The number of hydrogen-bond donors (Lipinski definition) is 3. The number of carbonyl (C=O) groups is 3. The van der Waals surface area contributed by atoms with Crippen molar-refractivity contribution in [3.63, 3.8) is 0 Å². The molecule has 2 aromatic carbocycles. The van der Waals surface area contributed by atoms with Gasteiger partial charge in [0.1, 0.15) is 11.8 Å². The van der Waals surface area contributed by atoms with Gasteiger partial charge in [0.05, 0.1) is 11.9 Å². The molecular formula is C28H34N2O5S. The first-order valence-corrected chi connectivity index (χ1v) is 12.9. The lowest BCUT2D eigenvalue weighted by Gasteiger charge is -2.33. The van der Waals surface area contributed by atoms with E-state index in [-0.39, 0.29) is 35.8 Å². The van der Waals surface area contributed by atoms with Crippen molar-refractivity contribution in [1.82, 2.24) is 10.2 Å². The zero-order chi connectivity index (χ0) is 26.5. The fourth-order valence-corrected chi connectivity index (χ4v) is 5.63. The van der Waals surface area contributed by atoms with Crippen molar-refractivity contribution >= 4 is 29.4 Å². The highest BCUT2D eigenvalue weighted by molar-refractivity contribution is 8.00. The molecule has 7 nitrogen and oxygen atoms in total. The highest BCUT2D eigenvalue weighted by atomic mass is 32.2. The molecule has 3 rings (SSSR count). The molecule has 0 radical (unpaired) electrons. The number of aromatic hydroxyl groups is 1. The number of hydrogen-bond acceptors (Lipinski definition) is 6. The SMILES string of the molecule is C=CCCC(=O)C1N(C(=O)[C@@H](O)[C@H](Cc2ccccc2)NC(=O)c2cccc(O)c2C)CSC1(C)C. The normalized spacial score (nSPS) is 18.3. The summed E-state index contributed by atoms with van der Waals surface area (Å²) in [6, 6.07) is 12.2. The Kier molecular flexibility index (Phi) is 8.98. The topological polar surface area (TPSA) is 107 Å². The van der Waals surface area contributed by atoms with Crippen molar-refractivity contribution in [1.29, 1.82) is 0 Å². The Morgan fingerprint density at radius 3 is 2.56 bits per heavy atom. The Bertz CT molecular complexity index is 1120. The van der Waals surface area contributed by atoms with E-state index in [1.807, 2.05) is 44.2 Å². The van der Waals surface area contributed by atoms with Crippen LogP contribution in [-0.4, -0.2) is 61.5 Å². The smallest absolute Gasteiger partial charge is 0.254 e. The lowest BCUT2D eigenvalue weighted by atomic mass is 9.93. The van der Waals surface area contributed by atoms with Gasteiger partial charge in [0.15, 0.2) is 11.9 Å². The molecule has 1 unspecified atom stereocenters. The molecule has 0 aliphatic carbocycles. The molecular weight excluding hydrogens is 476 g/mol. The number of amides is 2. The number of aliphatic hydroxyl groups excluding tert-OH is 1. The van der Waals surface area contributed by atoms with E-state index in [0.717, 1.165) is 5.56 Å². The van der Waals surface area contributed by atoms with Gasteiger partial charge in [-0.05, 0) is 51.3 Å². The van der Waals surface area contributed by atoms with Crippen LogP contribution in [0.4, 0.5) is 0 Å². The van der Waals surface area contributed by atoms with Crippen molar-refractivity contribution in [2.75, 3.05) is 5.88 Å².